The summed E-state index contributed by atoms with van der Waals surface area (Å²) in [6.45, 7) is 3.37. The summed E-state index contributed by atoms with van der Waals surface area (Å²) in [5.41, 5.74) is 2.01. The Balaban J connectivity index is 1.88. The lowest BCUT2D eigenvalue weighted by molar-refractivity contribution is -0.137. The molecule has 31 heavy (non-hydrogen) atoms. The van der Waals surface area contributed by atoms with Crippen molar-refractivity contribution in [3.63, 3.8) is 0 Å². The van der Waals surface area contributed by atoms with Gasteiger partial charge in [0.15, 0.2) is 0 Å². The number of aliphatic carboxylic acids is 1. The zero-order valence-corrected chi connectivity index (χ0v) is 18.6. The van der Waals surface area contributed by atoms with Crippen molar-refractivity contribution in [1.82, 2.24) is 4.57 Å². The average molecular weight is 458 g/mol. The van der Waals surface area contributed by atoms with Crippen molar-refractivity contribution < 1.29 is 22.7 Å². The molecule has 2 aromatic carbocycles. The van der Waals surface area contributed by atoms with Gasteiger partial charge in [-0.1, -0.05) is 18.2 Å². The van der Waals surface area contributed by atoms with Crippen LogP contribution in [0.2, 0.25) is 0 Å². The first kappa shape index (κ1) is 21.3. The van der Waals surface area contributed by atoms with E-state index in [-0.39, 0.29) is 22.8 Å². The van der Waals surface area contributed by atoms with Crippen molar-refractivity contribution in [2.45, 2.75) is 36.6 Å². The van der Waals surface area contributed by atoms with E-state index in [1.54, 1.807) is 54.0 Å². The number of aromatic nitrogens is 1. The highest BCUT2D eigenvalue weighted by molar-refractivity contribution is 7.91. The van der Waals surface area contributed by atoms with Crippen LogP contribution in [-0.2, 0) is 27.6 Å². The molecule has 1 N–H and O–H groups in total. The van der Waals surface area contributed by atoms with Crippen molar-refractivity contribution in [3.8, 4) is 0 Å². The summed E-state index contributed by atoms with van der Waals surface area (Å²) < 4.78 is 42.2. The largest absolute Gasteiger partial charge is 0.480 e. The number of hydrogen-bond acceptors (Lipinski definition) is 4. The molecule has 4 aromatic rings. The summed E-state index contributed by atoms with van der Waals surface area (Å²) in [5, 5.41) is 9.90. The quantitative estimate of drug-likeness (QED) is 0.444. The maximum atomic E-state index is 14.0. The van der Waals surface area contributed by atoms with Crippen molar-refractivity contribution in [2.24, 2.45) is 0 Å². The smallest absolute Gasteiger partial charge is 0.323 e. The number of thiophene rings is 1. The number of hydrogen-bond donors (Lipinski definition) is 1. The molecule has 5 nitrogen and oxygen atoms in total. The first-order valence-corrected chi connectivity index (χ1v) is 11.9. The lowest BCUT2D eigenvalue weighted by Crippen LogP contribution is -2.10. The van der Waals surface area contributed by atoms with Gasteiger partial charge in [0.2, 0.25) is 9.84 Å². The highest BCUT2D eigenvalue weighted by atomic mass is 32.2. The van der Waals surface area contributed by atoms with Gasteiger partial charge in [-0.15, -0.1) is 11.3 Å². The number of rotatable bonds is 6. The topological polar surface area (TPSA) is 76.4 Å². The molecule has 0 aliphatic rings. The third-order valence-corrected chi connectivity index (χ3v) is 8.30. The molecule has 0 spiro atoms. The molecule has 0 fully saturated rings. The number of carboxylic acid groups (broad SMARTS) is 1. The first-order chi connectivity index (χ1) is 14.7. The van der Waals surface area contributed by atoms with Crippen LogP contribution in [0.3, 0.4) is 0 Å². The summed E-state index contributed by atoms with van der Waals surface area (Å²) in [7, 11) is -3.72. The number of carbonyl (C=O) groups is 1. The molecule has 0 aliphatic heterocycles. The standard InChI is InChI=1S/C23H20FNO4S2/c1-14-10-22(31(28,29)17-6-4-3-5-7-17)21(30-14)12-18-15(2)25(13-23(26)27)20-9-8-16(24)11-19(18)20/h3-11H,12-13H2,1-2H3,(H,26,27). The fourth-order valence-corrected chi connectivity index (χ4v) is 6.81. The highest BCUT2D eigenvalue weighted by Crippen LogP contribution is 2.36. The Bertz CT molecular complexity index is 1400. The van der Waals surface area contributed by atoms with Crippen molar-refractivity contribution in [2.75, 3.05) is 0 Å². The molecule has 2 aromatic heterocycles. The van der Waals surface area contributed by atoms with Crippen LogP contribution >= 0.6 is 11.3 Å². The molecule has 4 rings (SSSR count). The Morgan fingerprint density at radius 2 is 1.81 bits per heavy atom. The Morgan fingerprint density at radius 1 is 1.10 bits per heavy atom. The van der Waals surface area contributed by atoms with E-state index in [9.17, 15) is 22.7 Å². The number of sulfone groups is 1. The lowest BCUT2D eigenvalue weighted by atomic mass is 10.1. The Morgan fingerprint density at radius 3 is 2.48 bits per heavy atom. The summed E-state index contributed by atoms with van der Waals surface area (Å²) in [6.07, 6.45) is 0.262. The predicted octanol–water partition coefficient (Wildman–Crippen LogP) is 4.97. The van der Waals surface area contributed by atoms with Gasteiger partial charge in [0.1, 0.15) is 12.4 Å². The van der Waals surface area contributed by atoms with Crippen LogP contribution in [0.5, 0.6) is 0 Å². The molecule has 0 aliphatic carbocycles. The third-order valence-electron chi connectivity index (χ3n) is 5.28. The number of carboxylic acids is 1. The monoisotopic (exact) mass is 457 g/mol. The molecule has 0 atom stereocenters. The molecular formula is C23H20FNO4S2. The number of benzene rings is 2. The minimum Gasteiger partial charge on any atom is -0.480 e. The molecule has 0 unspecified atom stereocenters. The first-order valence-electron chi connectivity index (χ1n) is 9.57. The molecule has 0 saturated heterocycles. The van der Waals surface area contributed by atoms with Crippen LogP contribution in [0.1, 0.15) is 21.0 Å². The van der Waals surface area contributed by atoms with E-state index in [1.807, 2.05) is 6.92 Å². The lowest BCUT2D eigenvalue weighted by Gasteiger charge is -2.08. The molecule has 0 bridgehead atoms. The average Bonchev–Trinajstić information content (AvgIpc) is 3.22. The van der Waals surface area contributed by atoms with Gasteiger partial charge >= 0.3 is 5.97 Å². The van der Waals surface area contributed by atoms with Gasteiger partial charge in [0, 0.05) is 32.8 Å². The maximum Gasteiger partial charge on any atom is 0.323 e. The normalized spacial score (nSPS) is 11.8. The molecule has 8 heteroatoms. The van der Waals surface area contributed by atoms with E-state index in [0.29, 0.717) is 21.5 Å². The highest BCUT2D eigenvalue weighted by Gasteiger charge is 2.25. The van der Waals surface area contributed by atoms with Crippen LogP contribution in [0.15, 0.2) is 64.4 Å². The zero-order chi connectivity index (χ0) is 22.3. The van der Waals surface area contributed by atoms with E-state index in [0.717, 1.165) is 10.4 Å². The van der Waals surface area contributed by atoms with Crippen molar-refractivity contribution in [1.29, 1.82) is 0 Å². The second-order valence-electron chi connectivity index (χ2n) is 7.34. The van der Waals surface area contributed by atoms with Gasteiger partial charge in [0.05, 0.1) is 9.79 Å². The van der Waals surface area contributed by atoms with Crippen LogP contribution in [0.4, 0.5) is 4.39 Å². The van der Waals surface area contributed by atoms with Gasteiger partial charge in [-0.2, -0.15) is 0 Å². The van der Waals surface area contributed by atoms with Crippen molar-refractivity contribution in [3.05, 3.63) is 81.4 Å². The molecule has 0 saturated carbocycles. The van der Waals surface area contributed by atoms with Crippen LogP contribution < -0.4 is 0 Å². The van der Waals surface area contributed by atoms with E-state index in [4.69, 9.17) is 0 Å². The molecule has 2 heterocycles. The van der Waals surface area contributed by atoms with Gasteiger partial charge in [-0.25, -0.2) is 12.8 Å². The van der Waals surface area contributed by atoms with Crippen LogP contribution in [0.25, 0.3) is 10.9 Å². The second kappa shape index (κ2) is 7.94. The molecule has 0 radical (unpaired) electrons. The Kier molecular flexibility index (Phi) is 5.45. The zero-order valence-electron chi connectivity index (χ0n) is 16.9. The van der Waals surface area contributed by atoms with E-state index >= 15 is 0 Å². The molecule has 0 amide bonds. The fraction of sp³-hybridized carbons (Fsp3) is 0.174. The van der Waals surface area contributed by atoms with Gasteiger partial charge in [0.25, 0.3) is 0 Å². The van der Waals surface area contributed by atoms with E-state index in [1.165, 1.54) is 23.5 Å². The van der Waals surface area contributed by atoms with Crippen molar-refractivity contribution >= 4 is 38.0 Å². The molecular weight excluding hydrogens is 437 g/mol. The summed E-state index contributed by atoms with van der Waals surface area (Å²) >= 11 is 1.38. The second-order valence-corrected chi connectivity index (χ2v) is 10.6. The maximum absolute atomic E-state index is 14.0. The number of fused-ring (bicyclic) bond motifs is 1. The fourth-order valence-electron chi connectivity index (χ4n) is 3.86. The Hall–Kier alpha value is -2.97. The third kappa shape index (κ3) is 3.88. The molecule has 160 valence electrons. The van der Waals surface area contributed by atoms with Gasteiger partial charge < -0.3 is 9.67 Å². The van der Waals surface area contributed by atoms with E-state index < -0.39 is 21.6 Å². The van der Waals surface area contributed by atoms with E-state index in [2.05, 4.69) is 0 Å². The summed E-state index contributed by atoms with van der Waals surface area (Å²) in [4.78, 5) is 13.3. The minimum absolute atomic E-state index is 0.213. The van der Waals surface area contributed by atoms with Crippen LogP contribution in [0, 0.1) is 19.7 Å². The predicted molar refractivity (Wildman–Crippen MR) is 118 cm³/mol. The van der Waals surface area contributed by atoms with Gasteiger partial charge in [-0.05, 0) is 55.8 Å². The number of aryl methyl sites for hydroxylation is 1. The summed E-state index contributed by atoms with van der Waals surface area (Å²) in [5.74, 6) is -1.43. The number of halogens is 1. The SMILES string of the molecule is Cc1cc(S(=O)(=O)c2ccccc2)c(Cc2c(C)n(CC(=O)O)c3ccc(F)cc23)s1. The minimum atomic E-state index is -3.72. The van der Waals surface area contributed by atoms with Crippen LogP contribution in [-0.4, -0.2) is 24.1 Å². The Labute approximate surface area is 183 Å². The summed E-state index contributed by atoms with van der Waals surface area (Å²) in [6, 6.07) is 14.1. The van der Waals surface area contributed by atoms with Gasteiger partial charge in [-0.3, -0.25) is 4.79 Å². The number of nitrogens with zero attached hydrogens (tertiary/aromatic N) is 1.